The van der Waals surface area contributed by atoms with Gasteiger partial charge in [-0.25, -0.2) is 0 Å². The highest BCUT2D eigenvalue weighted by molar-refractivity contribution is 5.85. The molecule has 2 aromatic rings. The molecule has 2 N–H and O–H groups in total. The number of aromatic amines is 1. The monoisotopic (exact) mass is 216 g/mol. The van der Waals surface area contributed by atoms with E-state index in [1.165, 1.54) is 27.7 Å². The van der Waals surface area contributed by atoms with Crippen LogP contribution < -0.4 is 5.32 Å². The van der Waals surface area contributed by atoms with Crippen molar-refractivity contribution in [2.45, 2.75) is 40.3 Å². The van der Waals surface area contributed by atoms with E-state index >= 15 is 0 Å². The van der Waals surface area contributed by atoms with Crippen LogP contribution in [0.25, 0.3) is 10.9 Å². The Morgan fingerprint density at radius 2 is 2.00 bits per heavy atom. The van der Waals surface area contributed by atoms with Crippen molar-refractivity contribution in [3.05, 3.63) is 35.0 Å². The standard InChI is InChI=1S/C14H20N2/c1-9(2)15-8-14-11(4)12-7-10(3)5-6-13(12)16-14/h5-7,9,15-16H,8H2,1-4H3. The largest absolute Gasteiger partial charge is 0.357 e. The molecule has 0 aliphatic heterocycles. The summed E-state index contributed by atoms with van der Waals surface area (Å²) in [6, 6.07) is 7.08. The molecule has 0 atom stereocenters. The molecule has 0 bridgehead atoms. The Bertz CT molecular complexity index is 495. The van der Waals surface area contributed by atoms with Gasteiger partial charge in [0.05, 0.1) is 0 Å². The van der Waals surface area contributed by atoms with E-state index in [2.05, 4.69) is 56.2 Å². The Balaban J connectivity index is 2.36. The third kappa shape index (κ3) is 2.12. The van der Waals surface area contributed by atoms with Crippen LogP contribution >= 0.6 is 0 Å². The van der Waals surface area contributed by atoms with Gasteiger partial charge in [0.25, 0.3) is 0 Å². The summed E-state index contributed by atoms with van der Waals surface area (Å²) in [6.45, 7) is 9.58. The van der Waals surface area contributed by atoms with Crippen LogP contribution in [-0.2, 0) is 6.54 Å². The Labute approximate surface area is 97.1 Å². The minimum absolute atomic E-state index is 0.521. The molecule has 1 aromatic carbocycles. The molecule has 1 heterocycles. The maximum atomic E-state index is 3.48. The summed E-state index contributed by atoms with van der Waals surface area (Å²) in [5.41, 5.74) is 5.22. The molecule has 0 aliphatic rings. The summed E-state index contributed by atoms with van der Waals surface area (Å²) in [6.07, 6.45) is 0. The molecule has 2 nitrogen and oxygen atoms in total. The van der Waals surface area contributed by atoms with E-state index in [-0.39, 0.29) is 0 Å². The van der Waals surface area contributed by atoms with Crippen LogP contribution in [0.2, 0.25) is 0 Å². The molecule has 0 aliphatic carbocycles. The number of rotatable bonds is 3. The molecule has 0 radical (unpaired) electrons. The van der Waals surface area contributed by atoms with Crippen LogP contribution in [0, 0.1) is 13.8 Å². The average Bonchev–Trinajstić information content (AvgIpc) is 2.53. The zero-order chi connectivity index (χ0) is 11.7. The van der Waals surface area contributed by atoms with Gasteiger partial charge in [0.2, 0.25) is 0 Å². The zero-order valence-corrected chi connectivity index (χ0v) is 10.5. The number of aromatic nitrogens is 1. The highest BCUT2D eigenvalue weighted by Gasteiger charge is 2.07. The fourth-order valence-electron chi connectivity index (χ4n) is 1.98. The fraction of sp³-hybridized carbons (Fsp3) is 0.429. The van der Waals surface area contributed by atoms with Gasteiger partial charge in [0.15, 0.2) is 0 Å². The quantitative estimate of drug-likeness (QED) is 0.809. The van der Waals surface area contributed by atoms with Gasteiger partial charge in [-0.1, -0.05) is 25.5 Å². The zero-order valence-electron chi connectivity index (χ0n) is 10.5. The van der Waals surface area contributed by atoms with Gasteiger partial charge < -0.3 is 10.3 Å². The van der Waals surface area contributed by atoms with E-state index in [1.807, 2.05) is 0 Å². The van der Waals surface area contributed by atoms with Crippen molar-refractivity contribution < 1.29 is 0 Å². The van der Waals surface area contributed by atoms with Gasteiger partial charge >= 0.3 is 0 Å². The summed E-state index contributed by atoms with van der Waals surface area (Å²) in [5, 5.41) is 4.79. The highest BCUT2D eigenvalue weighted by Crippen LogP contribution is 2.22. The van der Waals surface area contributed by atoms with Crippen LogP contribution in [0.3, 0.4) is 0 Å². The summed E-state index contributed by atoms with van der Waals surface area (Å²) in [4.78, 5) is 3.48. The highest BCUT2D eigenvalue weighted by atomic mass is 14.9. The molecule has 0 unspecified atom stereocenters. The summed E-state index contributed by atoms with van der Waals surface area (Å²) < 4.78 is 0. The molecule has 0 saturated heterocycles. The van der Waals surface area contributed by atoms with Crippen LogP contribution in [-0.4, -0.2) is 11.0 Å². The topological polar surface area (TPSA) is 27.8 Å². The second kappa shape index (κ2) is 4.30. The fourth-order valence-corrected chi connectivity index (χ4v) is 1.98. The second-order valence-corrected chi connectivity index (χ2v) is 4.81. The Morgan fingerprint density at radius 3 is 2.69 bits per heavy atom. The lowest BCUT2D eigenvalue weighted by atomic mass is 10.1. The van der Waals surface area contributed by atoms with Crippen LogP contribution in [0.15, 0.2) is 18.2 Å². The number of fused-ring (bicyclic) bond motifs is 1. The van der Waals surface area contributed by atoms with Crippen LogP contribution in [0.4, 0.5) is 0 Å². The summed E-state index contributed by atoms with van der Waals surface area (Å²) >= 11 is 0. The normalized spacial score (nSPS) is 11.6. The number of benzene rings is 1. The first kappa shape index (κ1) is 11.2. The number of hydrogen-bond donors (Lipinski definition) is 2. The molecule has 0 saturated carbocycles. The summed E-state index contributed by atoms with van der Waals surface area (Å²) in [5.74, 6) is 0. The van der Waals surface area contributed by atoms with Crippen LogP contribution in [0.1, 0.15) is 30.7 Å². The van der Waals surface area contributed by atoms with E-state index in [0.717, 1.165) is 6.54 Å². The molecule has 2 heteroatoms. The summed E-state index contributed by atoms with van der Waals surface area (Å²) in [7, 11) is 0. The lowest BCUT2D eigenvalue weighted by Gasteiger charge is -2.07. The van der Waals surface area contributed by atoms with E-state index in [4.69, 9.17) is 0 Å². The number of nitrogens with one attached hydrogen (secondary N) is 2. The maximum Gasteiger partial charge on any atom is 0.0459 e. The van der Waals surface area contributed by atoms with Gasteiger partial charge in [0.1, 0.15) is 0 Å². The first-order chi connectivity index (χ1) is 7.58. The number of H-pyrrole nitrogens is 1. The molecule has 0 amide bonds. The molecule has 0 spiro atoms. The first-order valence-electron chi connectivity index (χ1n) is 5.89. The van der Waals surface area contributed by atoms with E-state index in [9.17, 15) is 0 Å². The average molecular weight is 216 g/mol. The van der Waals surface area contributed by atoms with Gasteiger partial charge in [0, 0.05) is 29.2 Å². The van der Waals surface area contributed by atoms with Crippen molar-refractivity contribution in [3.63, 3.8) is 0 Å². The molecule has 1 aromatic heterocycles. The lowest BCUT2D eigenvalue weighted by Crippen LogP contribution is -2.22. The predicted octanol–water partition coefficient (Wildman–Crippen LogP) is 3.28. The Kier molecular flexibility index (Phi) is 3.01. The van der Waals surface area contributed by atoms with E-state index < -0.39 is 0 Å². The second-order valence-electron chi connectivity index (χ2n) is 4.81. The van der Waals surface area contributed by atoms with Crippen molar-refractivity contribution in [2.75, 3.05) is 0 Å². The SMILES string of the molecule is Cc1ccc2[nH]c(CNC(C)C)c(C)c2c1. The Hall–Kier alpha value is -1.28. The number of hydrogen-bond acceptors (Lipinski definition) is 1. The van der Waals surface area contributed by atoms with Crippen molar-refractivity contribution >= 4 is 10.9 Å². The van der Waals surface area contributed by atoms with Crippen molar-refractivity contribution in [1.29, 1.82) is 0 Å². The Morgan fingerprint density at radius 1 is 1.25 bits per heavy atom. The van der Waals surface area contributed by atoms with Gasteiger partial charge in [-0.3, -0.25) is 0 Å². The van der Waals surface area contributed by atoms with Gasteiger partial charge in [-0.05, 0) is 31.5 Å². The van der Waals surface area contributed by atoms with E-state index in [0.29, 0.717) is 6.04 Å². The maximum absolute atomic E-state index is 3.48. The predicted molar refractivity (Wildman–Crippen MR) is 69.7 cm³/mol. The molecule has 86 valence electrons. The first-order valence-corrected chi connectivity index (χ1v) is 5.89. The smallest absolute Gasteiger partial charge is 0.0459 e. The van der Waals surface area contributed by atoms with Crippen molar-refractivity contribution in [3.8, 4) is 0 Å². The minimum atomic E-state index is 0.521. The van der Waals surface area contributed by atoms with Crippen molar-refractivity contribution in [1.82, 2.24) is 10.3 Å². The third-order valence-electron chi connectivity index (χ3n) is 3.00. The molecular formula is C14H20N2. The third-order valence-corrected chi connectivity index (χ3v) is 3.00. The lowest BCUT2D eigenvalue weighted by molar-refractivity contribution is 0.582. The van der Waals surface area contributed by atoms with Gasteiger partial charge in [-0.15, -0.1) is 0 Å². The van der Waals surface area contributed by atoms with E-state index in [1.54, 1.807) is 0 Å². The van der Waals surface area contributed by atoms with Crippen molar-refractivity contribution in [2.24, 2.45) is 0 Å². The minimum Gasteiger partial charge on any atom is -0.357 e. The van der Waals surface area contributed by atoms with Gasteiger partial charge in [-0.2, -0.15) is 0 Å². The number of aryl methyl sites for hydroxylation is 2. The molecule has 16 heavy (non-hydrogen) atoms. The molecule has 2 rings (SSSR count). The molecule has 0 fully saturated rings. The van der Waals surface area contributed by atoms with Crippen LogP contribution in [0.5, 0.6) is 0 Å². The molecular weight excluding hydrogens is 196 g/mol.